The Balaban J connectivity index is 1.35. The molecular weight excluding hydrogens is 893 g/mol. The maximum Gasteiger partial charge on any atom is 0.255 e. The highest BCUT2D eigenvalue weighted by molar-refractivity contribution is 6.00. The van der Waals surface area contributed by atoms with Gasteiger partial charge in [-0.15, -0.1) is 0 Å². The first-order chi connectivity index (χ1) is 33.6. The summed E-state index contributed by atoms with van der Waals surface area (Å²) in [6.07, 6.45) is 3.49. The van der Waals surface area contributed by atoms with Crippen molar-refractivity contribution in [3.63, 3.8) is 0 Å². The second-order valence-electron chi connectivity index (χ2n) is 17.9. The molecule has 4 bridgehead atoms. The highest BCUT2D eigenvalue weighted by Crippen LogP contribution is 2.40. The van der Waals surface area contributed by atoms with E-state index in [0.29, 0.717) is 63.0 Å². The van der Waals surface area contributed by atoms with Crippen LogP contribution in [0.2, 0.25) is 0 Å². The second-order valence-corrected chi connectivity index (χ2v) is 17.9. The van der Waals surface area contributed by atoms with Crippen molar-refractivity contribution in [2.75, 3.05) is 51.3 Å². The van der Waals surface area contributed by atoms with E-state index in [4.69, 9.17) is 36.6 Å². The molecule has 10 N–H and O–H groups in total. The van der Waals surface area contributed by atoms with Crippen LogP contribution in [0.1, 0.15) is 85.4 Å². The first kappa shape index (κ1) is 52.2. The number of fused-ring (bicyclic) bond motifs is 5. The lowest BCUT2D eigenvalue weighted by atomic mass is 9.93. The molecule has 3 aromatic carbocycles. The van der Waals surface area contributed by atoms with E-state index in [1.807, 2.05) is 18.2 Å². The average molecular weight is 959 g/mol. The van der Waals surface area contributed by atoms with Gasteiger partial charge in [0.25, 0.3) is 5.91 Å². The molecule has 0 spiro atoms. The first-order valence-corrected chi connectivity index (χ1v) is 23.8. The number of carbonyl (C=O) groups excluding carboxylic acids is 5. The van der Waals surface area contributed by atoms with Crippen LogP contribution in [-0.2, 0) is 25.6 Å². The summed E-state index contributed by atoms with van der Waals surface area (Å²) in [5, 5.41) is 20.0. The van der Waals surface area contributed by atoms with Crippen molar-refractivity contribution in [3.8, 4) is 40.1 Å². The molecule has 0 radical (unpaired) electrons. The summed E-state index contributed by atoms with van der Waals surface area (Å²) in [4.78, 5) is 84.0. The molecule has 3 heterocycles. The van der Waals surface area contributed by atoms with Gasteiger partial charge in [0, 0.05) is 61.0 Å². The Bertz CT molecular complexity index is 2550. The monoisotopic (exact) mass is 959 g/mol. The summed E-state index contributed by atoms with van der Waals surface area (Å²) in [6.45, 7) is 9.73. The molecule has 0 saturated carbocycles. The minimum absolute atomic E-state index is 0.000663. The van der Waals surface area contributed by atoms with Crippen LogP contribution in [0.4, 0.5) is 5.69 Å². The van der Waals surface area contributed by atoms with Crippen molar-refractivity contribution < 1.29 is 33.4 Å². The van der Waals surface area contributed by atoms with Crippen molar-refractivity contribution in [1.29, 1.82) is 5.26 Å². The van der Waals surface area contributed by atoms with E-state index in [1.165, 1.54) is 25.3 Å². The lowest BCUT2D eigenvalue weighted by molar-refractivity contribution is -0.141. The number of nitrogens with zero attached hydrogens (tertiary/aromatic N) is 5. The zero-order valence-corrected chi connectivity index (χ0v) is 40.8. The number of nitrogens with one attached hydrogen (secondary N) is 4. The van der Waals surface area contributed by atoms with Crippen LogP contribution in [0.3, 0.4) is 0 Å². The molecule has 1 aromatic heterocycles. The molecule has 4 aromatic rings. The SMILES string of the molecule is Cc1nc(-c2ccc(N3C(C)CCCC3C)cc2)nc(C)c1C(=O)NC(CCN)C(=O)N(C)[C@@H]1C(=O)N[C@@H](C)C(=O)N[C@H](C(=O)NCC#N)Cc2ccc(OCCN)c(c2)-c2cc1ccc2OCCN. The number of carbonyl (C=O) groups is 5. The van der Waals surface area contributed by atoms with Crippen LogP contribution in [0.5, 0.6) is 11.5 Å². The van der Waals surface area contributed by atoms with Crippen LogP contribution in [0.25, 0.3) is 22.5 Å². The van der Waals surface area contributed by atoms with E-state index in [-0.39, 0.29) is 57.8 Å². The van der Waals surface area contributed by atoms with Gasteiger partial charge in [-0.25, -0.2) is 9.97 Å². The molecule has 19 heteroatoms. The molecule has 6 atom stereocenters. The highest BCUT2D eigenvalue weighted by Gasteiger charge is 2.37. The van der Waals surface area contributed by atoms with Gasteiger partial charge in [0.1, 0.15) is 55.4 Å². The third kappa shape index (κ3) is 12.2. The van der Waals surface area contributed by atoms with Gasteiger partial charge in [0.05, 0.1) is 23.0 Å². The van der Waals surface area contributed by atoms with Gasteiger partial charge in [-0.05, 0) is 127 Å². The van der Waals surface area contributed by atoms with Gasteiger partial charge in [-0.3, -0.25) is 24.0 Å². The van der Waals surface area contributed by atoms with Gasteiger partial charge in [0.2, 0.25) is 23.6 Å². The molecule has 19 nitrogen and oxygen atoms in total. The number of rotatable bonds is 16. The fourth-order valence-corrected chi connectivity index (χ4v) is 9.25. The molecule has 5 amide bonds. The quantitative estimate of drug-likeness (QED) is 0.0796. The molecule has 70 heavy (non-hydrogen) atoms. The Labute approximate surface area is 409 Å². The Morgan fingerprint density at radius 1 is 0.857 bits per heavy atom. The molecule has 372 valence electrons. The number of nitrogens with two attached hydrogens (primary N) is 3. The number of aryl methyl sites for hydroxylation is 2. The minimum Gasteiger partial charge on any atom is -0.492 e. The fourth-order valence-electron chi connectivity index (χ4n) is 9.25. The van der Waals surface area contributed by atoms with Gasteiger partial charge in [-0.1, -0.05) is 12.1 Å². The maximum atomic E-state index is 14.8. The van der Waals surface area contributed by atoms with E-state index in [9.17, 15) is 29.2 Å². The summed E-state index contributed by atoms with van der Waals surface area (Å²) in [5.74, 6) is -2.10. The predicted octanol–water partition coefficient (Wildman–Crippen LogP) is 2.70. The first-order valence-electron chi connectivity index (χ1n) is 23.8. The standard InChI is InChI=1S/C51H66N12O7/c1-29-8-7-9-30(2)63(29)37-14-11-35(12-15-37)46-57-31(3)44(32(4)58-46)49(66)60-40(18-19-52)51(68)62(6)45-36-13-17-43(70-25-22-55)39(28-36)38-26-34(10-16-42(38)69-24-21-54)27-41(48(65)56-23-20-53)61-47(64)33(5)59-50(45)67/h10-17,26,28-30,33,40-41,45H,7-9,18-19,21-25,27,52,54-55H2,1-6H3,(H,56,65)(H,59,67)(H,60,66)(H,61,64)/t29?,30?,33-,40?,41-,45-/m0/s1. The van der Waals surface area contributed by atoms with Crippen LogP contribution >= 0.6 is 0 Å². The van der Waals surface area contributed by atoms with Crippen molar-refractivity contribution in [3.05, 3.63) is 88.7 Å². The molecule has 6 rings (SSSR count). The van der Waals surface area contributed by atoms with Gasteiger partial charge >= 0.3 is 0 Å². The number of likely N-dealkylation sites (N-methyl/N-ethyl adjacent to an activating group) is 1. The summed E-state index contributed by atoms with van der Waals surface area (Å²) in [5.41, 5.74) is 22.6. The number of aromatic nitrogens is 2. The Morgan fingerprint density at radius 2 is 1.47 bits per heavy atom. The van der Waals surface area contributed by atoms with Crippen molar-refractivity contribution in [2.24, 2.45) is 17.2 Å². The summed E-state index contributed by atoms with van der Waals surface area (Å²) in [6, 6.07) is 16.0. The largest absolute Gasteiger partial charge is 0.492 e. The maximum absolute atomic E-state index is 14.8. The van der Waals surface area contributed by atoms with E-state index in [2.05, 4.69) is 52.1 Å². The number of amides is 5. The predicted molar refractivity (Wildman–Crippen MR) is 265 cm³/mol. The lowest BCUT2D eigenvalue weighted by Crippen LogP contribution is -2.56. The van der Waals surface area contributed by atoms with Crippen molar-refractivity contribution in [1.82, 2.24) is 36.1 Å². The van der Waals surface area contributed by atoms with Gasteiger partial charge < -0.3 is 57.7 Å². The molecule has 2 aliphatic heterocycles. The average Bonchev–Trinajstić information content (AvgIpc) is 3.33. The number of benzene rings is 3. The zero-order chi connectivity index (χ0) is 50.6. The van der Waals surface area contributed by atoms with E-state index < -0.39 is 53.7 Å². The summed E-state index contributed by atoms with van der Waals surface area (Å²) < 4.78 is 12.2. The number of piperidine rings is 1. The highest BCUT2D eigenvalue weighted by atomic mass is 16.5. The minimum atomic E-state index is -1.41. The molecular formula is C51H66N12O7. The number of anilines is 1. The summed E-state index contributed by atoms with van der Waals surface area (Å²) in [7, 11) is 1.42. The second kappa shape index (κ2) is 23.9. The zero-order valence-electron chi connectivity index (χ0n) is 40.8. The number of hydrogen-bond acceptors (Lipinski definition) is 14. The molecule has 0 aliphatic carbocycles. The van der Waals surface area contributed by atoms with Gasteiger partial charge in [-0.2, -0.15) is 5.26 Å². The van der Waals surface area contributed by atoms with Crippen molar-refractivity contribution >= 4 is 35.2 Å². The molecule has 1 saturated heterocycles. The normalized spacial score (nSPS) is 19.6. The number of hydrogen-bond donors (Lipinski definition) is 7. The fraction of sp³-hybridized carbons (Fsp3) is 0.451. The van der Waals surface area contributed by atoms with E-state index >= 15 is 0 Å². The third-order valence-electron chi connectivity index (χ3n) is 12.7. The number of nitriles is 1. The Morgan fingerprint density at radius 3 is 2.07 bits per heavy atom. The van der Waals surface area contributed by atoms with Crippen LogP contribution in [0, 0.1) is 25.2 Å². The topological polar surface area (TPSA) is 286 Å². The molecule has 3 unspecified atom stereocenters. The molecule has 2 aliphatic rings. The van der Waals surface area contributed by atoms with Gasteiger partial charge in [0.15, 0.2) is 5.82 Å². The smallest absolute Gasteiger partial charge is 0.255 e. The van der Waals surface area contributed by atoms with E-state index in [1.54, 1.807) is 50.2 Å². The van der Waals surface area contributed by atoms with Crippen molar-refractivity contribution in [2.45, 2.75) is 103 Å². The summed E-state index contributed by atoms with van der Waals surface area (Å²) >= 11 is 0. The lowest BCUT2D eigenvalue weighted by Gasteiger charge is -2.41. The Kier molecular flexibility index (Phi) is 17.9. The Hall–Kier alpha value is -7.14. The van der Waals surface area contributed by atoms with E-state index in [0.717, 1.165) is 24.1 Å². The number of ether oxygens (including phenoxy) is 2. The molecule has 1 fully saturated rings. The third-order valence-corrected chi connectivity index (χ3v) is 12.7. The van der Waals surface area contributed by atoms with Crippen LogP contribution in [0.15, 0.2) is 60.7 Å². The van der Waals surface area contributed by atoms with Crippen LogP contribution < -0.4 is 52.8 Å². The van der Waals surface area contributed by atoms with Crippen LogP contribution in [-0.4, -0.2) is 121 Å².